The molecule has 1 saturated heterocycles. The second-order valence-corrected chi connectivity index (χ2v) is 8.29. The second-order valence-electron chi connectivity index (χ2n) is 7.35. The van der Waals surface area contributed by atoms with Crippen LogP contribution in [0, 0.1) is 12.7 Å². The van der Waals surface area contributed by atoms with Crippen LogP contribution in [0.1, 0.15) is 15.9 Å². The lowest BCUT2D eigenvalue weighted by Gasteiger charge is -2.27. The van der Waals surface area contributed by atoms with Crippen molar-refractivity contribution in [2.75, 3.05) is 37.0 Å². The summed E-state index contributed by atoms with van der Waals surface area (Å²) in [6.45, 7) is 4.63. The minimum Gasteiger partial charge on any atom is -0.378 e. The van der Waals surface area contributed by atoms with Gasteiger partial charge in [-0.05, 0) is 43.3 Å². The first-order valence-corrected chi connectivity index (χ1v) is 11.3. The zero-order valence-electron chi connectivity index (χ0n) is 18.0. The molecule has 0 saturated carbocycles. The smallest absolute Gasteiger partial charge is 0.269 e. The van der Waals surface area contributed by atoms with Gasteiger partial charge in [-0.3, -0.25) is 25.0 Å². The highest BCUT2D eigenvalue weighted by Gasteiger charge is 2.22. The Labute approximate surface area is 194 Å². The van der Waals surface area contributed by atoms with E-state index in [2.05, 4.69) is 25.9 Å². The Morgan fingerprint density at radius 3 is 2.42 bits per heavy atom. The predicted octanol–water partition coefficient (Wildman–Crippen LogP) is 2.10. The van der Waals surface area contributed by atoms with E-state index in [9.17, 15) is 14.0 Å². The Hall–Kier alpha value is -3.44. The Bertz CT molecular complexity index is 1110. The number of morpholine rings is 1. The number of aromatic nitrogens is 3. The molecule has 0 bridgehead atoms. The number of anilines is 1. The number of ether oxygens (including phenoxy) is 1. The number of hydrogen-bond donors (Lipinski definition) is 2. The van der Waals surface area contributed by atoms with Crippen LogP contribution in [0.4, 0.5) is 10.3 Å². The monoisotopic (exact) mass is 470 g/mol. The standard InChI is InChI=1S/C22H23FN6O3S/c1-15-2-8-18(9-3-15)29-21(28-10-12-32-13-11-28)26-27-22(29)33-14-19(30)24-25-20(31)16-4-6-17(23)7-5-16/h2-9H,10-14H2,1H3,(H,24,30)(H,25,31). The molecule has 4 rings (SSSR count). The maximum atomic E-state index is 13.0. The SMILES string of the molecule is Cc1ccc(-n2c(SCC(=O)NNC(=O)c3ccc(F)cc3)nnc2N2CCOCC2)cc1. The summed E-state index contributed by atoms with van der Waals surface area (Å²) in [6.07, 6.45) is 0. The molecule has 1 aliphatic heterocycles. The molecule has 0 unspecified atom stereocenters. The lowest BCUT2D eigenvalue weighted by molar-refractivity contribution is -0.119. The molecule has 0 atom stereocenters. The summed E-state index contributed by atoms with van der Waals surface area (Å²) in [6, 6.07) is 13.0. The van der Waals surface area contributed by atoms with Gasteiger partial charge in [0.05, 0.1) is 24.7 Å². The highest BCUT2D eigenvalue weighted by Crippen LogP contribution is 2.27. The van der Waals surface area contributed by atoms with Crippen LogP contribution in [0.15, 0.2) is 53.7 Å². The van der Waals surface area contributed by atoms with Gasteiger partial charge >= 0.3 is 0 Å². The molecular weight excluding hydrogens is 447 g/mol. The summed E-state index contributed by atoms with van der Waals surface area (Å²) in [5.74, 6) is -0.694. The van der Waals surface area contributed by atoms with Crippen molar-refractivity contribution < 1.29 is 18.7 Å². The topological polar surface area (TPSA) is 101 Å². The fourth-order valence-electron chi connectivity index (χ4n) is 3.21. The van der Waals surface area contributed by atoms with E-state index in [1.54, 1.807) is 0 Å². The zero-order valence-corrected chi connectivity index (χ0v) is 18.8. The van der Waals surface area contributed by atoms with E-state index in [-0.39, 0.29) is 11.3 Å². The summed E-state index contributed by atoms with van der Waals surface area (Å²) < 4.78 is 20.4. The Kier molecular flexibility index (Phi) is 7.20. The molecule has 0 aliphatic carbocycles. The van der Waals surface area contributed by atoms with Crippen LogP contribution in [-0.2, 0) is 9.53 Å². The number of carbonyl (C=O) groups is 2. The fourth-order valence-corrected chi connectivity index (χ4v) is 3.96. The van der Waals surface area contributed by atoms with Gasteiger partial charge in [0, 0.05) is 18.7 Å². The number of thioether (sulfide) groups is 1. The van der Waals surface area contributed by atoms with Crippen molar-refractivity contribution in [3.63, 3.8) is 0 Å². The molecule has 33 heavy (non-hydrogen) atoms. The Balaban J connectivity index is 1.43. The number of nitrogens with zero attached hydrogens (tertiary/aromatic N) is 4. The first kappa shape index (κ1) is 22.7. The van der Waals surface area contributed by atoms with E-state index in [4.69, 9.17) is 4.74 Å². The fraction of sp³-hybridized carbons (Fsp3) is 0.273. The molecule has 2 heterocycles. The van der Waals surface area contributed by atoms with Gasteiger partial charge in [0.15, 0.2) is 5.16 Å². The highest BCUT2D eigenvalue weighted by molar-refractivity contribution is 7.99. The molecular formula is C22H23FN6O3S. The van der Waals surface area contributed by atoms with Crippen LogP contribution in [-0.4, -0.2) is 58.6 Å². The van der Waals surface area contributed by atoms with Crippen molar-refractivity contribution >= 4 is 29.5 Å². The average Bonchev–Trinajstić information content (AvgIpc) is 3.26. The molecule has 172 valence electrons. The van der Waals surface area contributed by atoms with Crippen molar-refractivity contribution in [1.82, 2.24) is 25.6 Å². The second kappa shape index (κ2) is 10.5. The maximum Gasteiger partial charge on any atom is 0.269 e. The predicted molar refractivity (Wildman–Crippen MR) is 122 cm³/mol. The van der Waals surface area contributed by atoms with Crippen molar-refractivity contribution in [1.29, 1.82) is 0 Å². The molecule has 2 amide bonds. The molecule has 1 aliphatic rings. The van der Waals surface area contributed by atoms with E-state index >= 15 is 0 Å². The maximum absolute atomic E-state index is 13.0. The largest absolute Gasteiger partial charge is 0.378 e. The number of halogens is 1. The van der Waals surface area contributed by atoms with Crippen molar-refractivity contribution in [2.24, 2.45) is 0 Å². The third-order valence-corrected chi connectivity index (χ3v) is 5.89. The minimum absolute atomic E-state index is 0.0107. The normalized spacial score (nSPS) is 13.6. The third-order valence-electron chi connectivity index (χ3n) is 4.96. The number of hydrazine groups is 1. The molecule has 0 spiro atoms. The van der Waals surface area contributed by atoms with Gasteiger partial charge in [0.25, 0.3) is 5.91 Å². The van der Waals surface area contributed by atoms with E-state index in [0.29, 0.717) is 37.4 Å². The number of hydrogen-bond acceptors (Lipinski definition) is 7. The molecule has 9 nitrogen and oxygen atoms in total. The van der Waals surface area contributed by atoms with E-state index in [1.165, 1.54) is 36.0 Å². The lowest BCUT2D eigenvalue weighted by Crippen LogP contribution is -2.42. The molecule has 11 heteroatoms. The van der Waals surface area contributed by atoms with Crippen LogP contribution in [0.3, 0.4) is 0 Å². The first-order valence-electron chi connectivity index (χ1n) is 10.3. The molecule has 0 radical (unpaired) electrons. The molecule has 3 aromatic rings. The van der Waals surface area contributed by atoms with Crippen molar-refractivity contribution in [3.8, 4) is 5.69 Å². The van der Waals surface area contributed by atoms with Gasteiger partial charge < -0.3 is 9.64 Å². The third kappa shape index (κ3) is 5.68. The van der Waals surface area contributed by atoms with Gasteiger partial charge in [0.2, 0.25) is 11.9 Å². The van der Waals surface area contributed by atoms with E-state index in [0.717, 1.165) is 11.3 Å². The van der Waals surface area contributed by atoms with Crippen LogP contribution < -0.4 is 15.8 Å². The number of nitrogens with one attached hydrogen (secondary N) is 2. The summed E-state index contributed by atoms with van der Waals surface area (Å²) in [5.41, 5.74) is 6.94. The quantitative estimate of drug-likeness (QED) is 0.420. The summed E-state index contributed by atoms with van der Waals surface area (Å²) in [7, 11) is 0. The van der Waals surface area contributed by atoms with Crippen LogP contribution in [0.2, 0.25) is 0 Å². The number of aryl methyl sites for hydroxylation is 1. The number of amides is 2. The number of benzene rings is 2. The average molecular weight is 471 g/mol. The summed E-state index contributed by atoms with van der Waals surface area (Å²) >= 11 is 1.21. The number of carbonyl (C=O) groups excluding carboxylic acids is 2. The highest BCUT2D eigenvalue weighted by atomic mass is 32.2. The zero-order chi connectivity index (χ0) is 23.2. The van der Waals surface area contributed by atoms with Crippen LogP contribution >= 0.6 is 11.8 Å². The summed E-state index contributed by atoms with van der Waals surface area (Å²) in [5, 5.41) is 9.23. The summed E-state index contributed by atoms with van der Waals surface area (Å²) in [4.78, 5) is 26.5. The molecule has 2 N–H and O–H groups in total. The molecule has 1 aromatic heterocycles. The van der Waals surface area contributed by atoms with Gasteiger partial charge in [-0.15, -0.1) is 10.2 Å². The Morgan fingerprint density at radius 1 is 1.03 bits per heavy atom. The van der Waals surface area contributed by atoms with Gasteiger partial charge in [-0.25, -0.2) is 4.39 Å². The minimum atomic E-state index is -0.536. The molecule has 1 fully saturated rings. The van der Waals surface area contributed by atoms with Crippen molar-refractivity contribution in [2.45, 2.75) is 12.1 Å². The van der Waals surface area contributed by atoms with E-state index in [1.807, 2.05) is 35.8 Å². The van der Waals surface area contributed by atoms with Gasteiger partial charge in [-0.1, -0.05) is 29.5 Å². The van der Waals surface area contributed by atoms with Gasteiger partial charge in [-0.2, -0.15) is 0 Å². The Morgan fingerprint density at radius 2 is 1.73 bits per heavy atom. The molecule has 2 aromatic carbocycles. The van der Waals surface area contributed by atoms with Crippen LogP contribution in [0.5, 0.6) is 0 Å². The van der Waals surface area contributed by atoms with Crippen LogP contribution in [0.25, 0.3) is 5.69 Å². The lowest BCUT2D eigenvalue weighted by atomic mass is 10.2. The van der Waals surface area contributed by atoms with E-state index < -0.39 is 17.6 Å². The van der Waals surface area contributed by atoms with Crippen molar-refractivity contribution in [3.05, 3.63) is 65.5 Å². The number of rotatable bonds is 6. The van der Waals surface area contributed by atoms with Gasteiger partial charge in [0.1, 0.15) is 5.82 Å². The first-order chi connectivity index (χ1) is 16.0.